The molecule has 0 atom stereocenters. The van der Waals surface area contributed by atoms with Crippen molar-refractivity contribution in [3.05, 3.63) is 94.0 Å². The van der Waals surface area contributed by atoms with Crippen LogP contribution in [0.15, 0.2) is 60.7 Å². The molecular weight excluding hydrogens is 560 g/mol. The minimum Gasteiger partial charge on any atom is -0.478 e. The van der Waals surface area contributed by atoms with E-state index in [1.54, 1.807) is 31.2 Å². The highest BCUT2D eigenvalue weighted by molar-refractivity contribution is 6.15. The van der Waals surface area contributed by atoms with Crippen molar-refractivity contribution in [3.63, 3.8) is 0 Å². The van der Waals surface area contributed by atoms with E-state index in [2.05, 4.69) is 0 Å². The van der Waals surface area contributed by atoms with Crippen LogP contribution in [0.25, 0.3) is 21.5 Å². The van der Waals surface area contributed by atoms with Crippen molar-refractivity contribution in [1.29, 1.82) is 0 Å². The molecule has 42 heavy (non-hydrogen) atoms. The van der Waals surface area contributed by atoms with Crippen molar-refractivity contribution in [2.45, 2.75) is 6.92 Å². The van der Waals surface area contributed by atoms with Gasteiger partial charge in [0.15, 0.2) is 0 Å². The van der Waals surface area contributed by atoms with Crippen molar-refractivity contribution in [1.82, 2.24) is 0 Å². The van der Waals surface area contributed by atoms with E-state index in [0.717, 1.165) is 6.07 Å². The van der Waals surface area contributed by atoms with Gasteiger partial charge in [0, 0.05) is 0 Å². The molecule has 0 aromatic heterocycles. The van der Waals surface area contributed by atoms with Crippen molar-refractivity contribution in [2.75, 3.05) is 0 Å². The maximum absolute atomic E-state index is 11.2. The van der Waals surface area contributed by atoms with Gasteiger partial charge in [-0.05, 0) is 52.2 Å². The number of carboxylic acid groups (broad SMARTS) is 5. The van der Waals surface area contributed by atoms with E-state index in [1.807, 2.05) is 0 Å². The minimum atomic E-state index is -1.41. The van der Waals surface area contributed by atoms with Crippen LogP contribution >= 0.6 is 0 Å². The molecule has 14 nitrogen and oxygen atoms in total. The minimum absolute atomic E-state index is 0.0723. The highest BCUT2D eigenvalue weighted by Gasteiger charge is 2.21. The lowest BCUT2D eigenvalue weighted by molar-refractivity contribution is -0.193. The van der Waals surface area contributed by atoms with Gasteiger partial charge in [0.1, 0.15) is 0 Å². The summed E-state index contributed by atoms with van der Waals surface area (Å²) in [5.41, 5.74) is 0.0377. The molecule has 0 bridgehead atoms. The lowest BCUT2D eigenvalue weighted by Crippen LogP contribution is -2.09. The molecule has 0 unspecified atom stereocenters. The van der Waals surface area contributed by atoms with Gasteiger partial charge in [-0.3, -0.25) is 0 Å². The number of hydrogen-bond donors (Lipinski definition) is 5. The largest absolute Gasteiger partial charge is 0.478 e. The van der Waals surface area contributed by atoms with Crippen LogP contribution in [0, 0.1) is 6.92 Å². The topological polar surface area (TPSA) is 255 Å². The van der Waals surface area contributed by atoms with Gasteiger partial charge in [-0.2, -0.15) is 19.2 Å². The van der Waals surface area contributed by atoms with Crippen molar-refractivity contribution >= 4 is 63.7 Å². The second-order valence-electron chi connectivity index (χ2n) is 7.74. The van der Waals surface area contributed by atoms with Gasteiger partial charge in [0.05, 0.1) is 27.8 Å². The van der Waals surface area contributed by atoms with E-state index >= 15 is 0 Å². The number of carbonyl (C=O) groups excluding carboxylic acids is 4. The number of hydrogen-bond acceptors (Lipinski definition) is 9. The molecule has 0 saturated carbocycles. The Morgan fingerprint density at radius 2 is 0.810 bits per heavy atom. The standard InChI is InChI=1S/C13H8O6.C13H10O4.2CO2/c14-11(15)8-3-1-2-7-6(8)4-5-9(12(16)17)10(7)13(18)19;1-7-5-6-8-9(11(7)13(16)17)3-2-4-10(8)12(14)15;2*2-1-3/h1-5H,(H,14,15)(H,16,17)(H,18,19);2-6H,1H3,(H,14,15)(H,16,17);;. The van der Waals surface area contributed by atoms with Crippen LogP contribution < -0.4 is 0 Å². The summed E-state index contributed by atoms with van der Waals surface area (Å²) in [5.74, 6) is -6.10. The first kappa shape index (κ1) is 33.5. The van der Waals surface area contributed by atoms with Gasteiger partial charge in [-0.25, -0.2) is 24.0 Å². The van der Waals surface area contributed by atoms with Crippen LogP contribution in [0.1, 0.15) is 57.4 Å². The molecule has 0 heterocycles. The maximum atomic E-state index is 11.2. The van der Waals surface area contributed by atoms with Gasteiger partial charge >= 0.3 is 42.1 Å². The summed E-state index contributed by atoms with van der Waals surface area (Å²) in [6, 6.07) is 14.4. The number of carbonyl (C=O) groups is 5. The molecule has 0 radical (unpaired) electrons. The summed E-state index contributed by atoms with van der Waals surface area (Å²) >= 11 is 0. The second kappa shape index (κ2) is 15.2. The first-order valence-corrected chi connectivity index (χ1v) is 11.0. The molecule has 0 aliphatic rings. The Morgan fingerprint density at radius 3 is 1.17 bits per heavy atom. The van der Waals surface area contributed by atoms with E-state index in [1.165, 1.54) is 30.3 Å². The Kier molecular flexibility index (Phi) is 12.1. The fourth-order valence-electron chi connectivity index (χ4n) is 3.89. The van der Waals surface area contributed by atoms with Crippen molar-refractivity contribution < 1.29 is 68.7 Å². The summed E-state index contributed by atoms with van der Waals surface area (Å²) in [6.45, 7) is 1.69. The van der Waals surface area contributed by atoms with Gasteiger partial charge in [0.25, 0.3) is 0 Å². The maximum Gasteiger partial charge on any atom is 0.373 e. The van der Waals surface area contributed by atoms with E-state index in [4.69, 9.17) is 44.7 Å². The molecule has 4 rings (SSSR count). The molecule has 0 aliphatic carbocycles. The smallest absolute Gasteiger partial charge is 0.373 e. The van der Waals surface area contributed by atoms with Crippen LogP contribution in [0.2, 0.25) is 0 Å². The molecule has 0 fully saturated rings. The molecule has 0 amide bonds. The SMILES string of the molecule is Cc1ccc2c(C(=O)O)cccc2c1C(=O)O.O=C(O)c1ccc2c(C(=O)O)cccc2c1C(=O)O.O=C=O.O=C=O. The Labute approximate surface area is 233 Å². The Balaban J connectivity index is 0.000000355. The number of rotatable bonds is 5. The van der Waals surface area contributed by atoms with E-state index in [9.17, 15) is 24.0 Å². The molecule has 5 N–H and O–H groups in total. The Bertz CT molecular complexity index is 1760. The predicted molar refractivity (Wildman–Crippen MR) is 137 cm³/mol. The molecular formula is C28H18O14. The number of fused-ring (bicyclic) bond motifs is 2. The van der Waals surface area contributed by atoms with Crippen LogP contribution in [0.5, 0.6) is 0 Å². The highest BCUT2D eigenvalue weighted by atomic mass is 16.4. The number of carboxylic acids is 5. The second-order valence-corrected chi connectivity index (χ2v) is 7.74. The molecule has 4 aromatic carbocycles. The van der Waals surface area contributed by atoms with E-state index < -0.39 is 35.4 Å². The van der Waals surface area contributed by atoms with Crippen LogP contribution in [0.4, 0.5) is 0 Å². The van der Waals surface area contributed by atoms with Gasteiger partial charge in [0.2, 0.25) is 0 Å². The fourth-order valence-corrected chi connectivity index (χ4v) is 3.89. The third-order valence-electron chi connectivity index (χ3n) is 5.45. The molecule has 214 valence electrons. The monoisotopic (exact) mass is 578 g/mol. The molecule has 0 saturated heterocycles. The van der Waals surface area contributed by atoms with Crippen LogP contribution in [-0.4, -0.2) is 67.7 Å². The van der Waals surface area contributed by atoms with Crippen LogP contribution in [0.3, 0.4) is 0 Å². The zero-order chi connectivity index (χ0) is 32.1. The third-order valence-corrected chi connectivity index (χ3v) is 5.45. The summed E-state index contributed by atoms with van der Waals surface area (Å²) in [6.07, 6.45) is 0.500. The lowest BCUT2D eigenvalue weighted by Gasteiger charge is -2.08. The van der Waals surface area contributed by atoms with Crippen molar-refractivity contribution in [3.8, 4) is 0 Å². The molecule has 0 spiro atoms. The first-order valence-electron chi connectivity index (χ1n) is 11.0. The zero-order valence-electron chi connectivity index (χ0n) is 21.2. The molecule has 0 aliphatic heterocycles. The average molecular weight is 578 g/mol. The highest BCUT2D eigenvalue weighted by Crippen LogP contribution is 2.27. The lowest BCUT2D eigenvalue weighted by atomic mass is 9.96. The van der Waals surface area contributed by atoms with Gasteiger partial charge in [-0.15, -0.1) is 0 Å². The first-order chi connectivity index (χ1) is 19.8. The summed E-state index contributed by atoms with van der Waals surface area (Å²) in [5, 5.41) is 46.5. The summed E-state index contributed by atoms with van der Waals surface area (Å²) in [4.78, 5) is 88.0. The summed E-state index contributed by atoms with van der Waals surface area (Å²) in [7, 11) is 0. The van der Waals surface area contributed by atoms with Crippen molar-refractivity contribution in [2.24, 2.45) is 0 Å². The fraction of sp³-hybridized carbons (Fsp3) is 0.0357. The van der Waals surface area contributed by atoms with E-state index in [-0.39, 0.29) is 45.3 Å². The average Bonchev–Trinajstić information content (AvgIpc) is 2.92. The van der Waals surface area contributed by atoms with E-state index in [0.29, 0.717) is 16.3 Å². The number of aryl methyl sites for hydroxylation is 1. The molecule has 14 heteroatoms. The number of benzene rings is 4. The third kappa shape index (κ3) is 7.77. The molecule has 4 aromatic rings. The zero-order valence-corrected chi connectivity index (χ0v) is 21.2. The summed E-state index contributed by atoms with van der Waals surface area (Å²) < 4.78 is 0. The van der Waals surface area contributed by atoms with Gasteiger partial charge in [-0.1, -0.05) is 42.5 Å². The quantitative estimate of drug-likeness (QED) is 0.228. The Hall–Kier alpha value is -6.49. The predicted octanol–water partition coefficient (Wildman–Crippen LogP) is 3.31. The number of aromatic carboxylic acids is 5. The van der Waals surface area contributed by atoms with Gasteiger partial charge < -0.3 is 25.5 Å². The van der Waals surface area contributed by atoms with Crippen LogP contribution in [-0.2, 0) is 19.2 Å². The Morgan fingerprint density at radius 1 is 0.452 bits per heavy atom. The normalized spacial score (nSPS) is 9.26.